The number of hydrogen-bond acceptors (Lipinski definition) is 2. The molecule has 1 heterocycles. The molecule has 1 aliphatic rings. The van der Waals surface area contributed by atoms with Crippen LogP contribution in [-0.4, -0.2) is 49.6 Å². The molecule has 4 heteroatoms. The van der Waals surface area contributed by atoms with E-state index in [1.807, 2.05) is 13.8 Å². The normalized spacial score (nSPS) is 36.0. The van der Waals surface area contributed by atoms with Crippen molar-refractivity contribution in [3.05, 3.63) is 0 Å². The summed E-state index contributed by atoms with van der Waals surface area (Å²) in [4.78, 5) is 1.68. The van der Waals surface area contributed by atoms with Gasteiger partial charge < -0.3 is 4.74 Å². The lowest BCUT2D eigenvalue weighted by atomic mass is 10.2. The molecule has 0 N–H and O–H groups in total. The quantitative estimate of drug-likeness (QED) is 0.671. The van der Waals surface area contributed by atoms with Gasteiger partial charge >= 0.3 is 0 Å². The molecule has 1 fully saturated rings. The molecular formula is C9H17F2NO. The first-order valence-electron chi connectivity index (χ1n) is 4.62. The Kier molecular flexibility index (Phi) is 3.62. The minimum atomic E-state index is -1.40. The SMILES string of the molecule is CC(C)OCC1C(F)C(F)CN1C. The molecule has 3 atom stereocenters. The van der Waals surface area contributed by atoms with Crippen LogP contribution in [0.4, 0.5) is 8.78 Å². The number of halogens is 2. The second kappa shape index (κ2) is 4.33. The fraction of sp³-hybridized carbons (Fsp3) is 1.00. The maximum Gasteiger partial charge on any atom is 0.150 e. The Labute approximate surface area is 77.9 Å². The minimum absolute atomic E-state index is 0.0688. The van der Waals surface area contributed by atoms with E-state index in [1.165, 1.54) is 0 Å². The highest BCUT2D eigenvalue weighted by molar-refractivity contribution is 4.92. The fourth-order valence-corrected chi connectivity index (χ4v) is 1.51. The van der Waals surface area contributed by atoms with E-state index < -0.39 is 18.4 Å². The number of likely N-dealkylation sites (N-methyl/N-ethyl adjacent to an activating group) is 1. The van der Waals surface area contributed by atoms with Crippen LogP contribution in [0.5, 0.6) is 0 Å². The molecule has 13 heavy (non-hydrogen) atoms. The summed E-state index contributed by atoms with van der Waals surface area (Å²) in [6.45, 7) is 4.22. The first-order chi connectivity index (χ1) is 6.02. The molecule has 1 aliphatic heterocycles. The predicted octanol–water partition coefficient (Wildman–Crippen LogP) is 1.40. The van der Waals surface area contributed by atoms with E-state index in [0.717, 1.165) is 0 Å². The van der Waals surface area contributed by atoms with Crippen LogP contribution in [0.25, 0.3) is 0 Å². The van der Waals surface area contributed by atoms with E-state index in [0.29, 0.717) is 0 Å². The van der Waals surface area contributed by atoms with E-state index >= 15 is 0 Å². The van der Waals surface area contributed by atoms with E-state index in [1.54, 1.807) is 11.9 Å². The van der Waals surface area contributed by atoms with Gasteiger partial charge in [-0.15, -0.1) is 0 Å². The average Bonchev–Trinajstić information content (AvgIpc) is 2.24. The molecular weight excluding hydrogens is 176 g/mol. The summed E-state index contributed by atoms with van der Waals surface area (Å²) >= 11 is 0. The average molecular weight is 193 g/mol. The molecule has 78 valence electrons. The number of rotatable bonds is 3. The maximum atomic E-state index is 13.2. The summed E-state index contributed by atoms with van der Waals surface area (Å²) < 4.78 is 31.3. The zero-order valence-corrected chi connectivity index (χ0v) is 8.34. The van der Waals surface area contributed by atoms with E-state index in [9.17, 15) is 8.78 Å². The van der Waals surface area contributed by atoms with Gasteiger partial charge in [0.2, 0.25) is 0 Å². The van der Waals surface area contributed by atoms with Crippen LogP contribution in [0.1, 0.15) is 13.8 Å². The van der Waals surface area contributed by atoms with Crippen LogP contribution < -0.4 is 0 Å². The lowest BCUT2D eigenvalue weighted by molar-refractivity contribution is 0.0242. The van der Waals surface area contributed by atoms with Crippen molar-refractivity contribution >= 4 is 0 Å². The van der Waals surface area contributed by atoms with Gasteiger partial charge in [-0.2, -0.15) is 0 Å². The van der Waals surface area contributed by atoms with Crippen molar-refractivity contribution in [3.8, 4) is 0 Å². The third-order valence-electron chi connectivity index (χ3n) is 2.34. The molecule has 0 spiro atoms. The molecule has 2 nitrogen and oxygen atoms in total. The first-order valence-corrected chi connectivity index (χ1v) is 4.62. The number of nitrogens with zero attached hydrogens (tertiary/aromatic N) is 1. The molecule has 0 aromatic heterocycles. The van der Waals surface area contributed by atoms with Gasteiger partial charge in [0, 0.05) is 6.54 Å². The molecule has 0 bridgehead atoms. The van der Waals surface area contributed by atoms with Gasteiger partial charge in [0.1, 0.15) is 6.17 Å². The molecule has 1 saturated heterocycles. The zero-order valence-electron chi connectivity index (χ0n) is 8.34. The number of alkyl halides is 2. The third-order valence-corrected chi connectivity index (χ3v) is 2.34. The van der Waals surface area contributed by atoms with Crippen molar-refractivity contribution in [2.24, 2.45) is 0 Å². The second-order valence-electron chi connectivity index (χ2n) is 3.85. The molecule has 0 radical (unpaired) electrons. The number of ether oxygens (including phenoxy) is 1. The topological polar surface area (TPSA) is 12.5 Å². The Balaban J connectivity index is 2.39. The largest absolute Gasteiger partial charge is 0.377 e. The summed E-state index contributed by atoms with van der Waals surface area (Å²) in [5, 5.41) is 0. The maximum absolute atomic E-state index is 13.2. The molecule has 0 aromatic carbocycles. The van der Waals surface area contributed by atoms with Gasteiger partial charge in [-0.05, 0) is 20.9 Å². The Morgan fingerprint density at radius 1 is 1.46 bits per heavy atom. The summed E-state index contributed by atoms with van der Waals surface area (Å²) in [7, 11) is 1.72. The number of hydrogen-bond donors (Lipinski definition) is 0. The fourth-order valence-electron chi connectivity index (χ4n) is 1.51. The molecule has 0 aromatic rings. The van der Waals surface area contributed by atoms with Crippen LogP contribution in [-0.2, 0) is 4.74 Å². The molecule has 0 saturated carbocycles. The Bertz CT molecular complexity index is 166. The van der Waals surface area contributed by atoms with Gasteiger partial charge in [-0.1, -0.05) is 0 Å². The summed E-state index contributed by atoms with van der Waals surface area (Å²) in [5.41, 5.74) is 0. The van der Waals surface area contributed by atoms with Crippen molar-refractivity contribution in [3.63, 3.8) is 0 Å². The van der Waals surface area contributed by atoms with Crippen molar-refractivity contribution in [1.29, 1.82) is 0 Å². The third kappa shape index (κ3) is 2.61. The smallest absolute Gasteiger partial charge is 0.150 e. The van der Waals surface area contributed by atoms with Crippen molar-refractivity contribution in [2.75, 3.05) is 20.2 Å². The molecule has 0 amide bonds. The Hall–Kier alpha value is -0.220. The van der Waals surface area contributed by atoms with Gasteiger partial charge in [-0.25, -0.2) is 8.78 Å². The van der Waals surface area contributed by atoms with Crippen LogP contribution in [0.15, 0.2) is 0 Å². The first kappa shape index (κ1) is 10.9. The van der Waals surface area contributed by atoms with Crippen LogP contribution in [0.3, 0.4) is 0 Å². The molecule has 0 aliphatic carbocycles. The highest BCUT2D eigenvalue weighted by Crippen LogP contribution is 2.22. The molecule has 1 rings (SSSR count). The van der Waals surface area contributed by atoms with Crippen molar-refractivity contribution in [2.45, 2.75) is 38.3 Å². The monoisotopic (exact) mass is 193 g/mol. The summed E-state index contributed by atoms with van der Waals surface area (Å²) in [6.07, 6.45) is -2.69. The van der Waals surface area contributed by atoms with E-state index in [4.69, 9.17) is 4.74 Å². The van der Waals surface area contributed by atoms with E-state index in [2.05, 4.69) is 0 Å². The second-order valence-corrected chi connectivity index (χ2v) is 3.85. The van der Waals surface area contributed by atoms with Gasteiger partial charge in [-0.3, -0.25) is 4.90 Å². The lowest BCUT2D eigenvalue weighted by Crippen LogP contribution is -2.36. The zero-order chi connectivity index (χ0) is 10.0. The minimum Gasteiger partial charge on any atom is -0.377 e. The lowest BCUT2D eigenvalue weighted by Gasteiger charge is -2.21. The van der Waals surface area contributed by atoms with Crippen LogP contribution in [0, 0.1) is 0 Å². The van der Waals surface area contributed by atoms with E-state index in [-0.39, 0.29) is 19.3 Å². The Morgan fingerprint density at radius 2 is 2.08 bits per heavy atom. The molecule has 3 unspecified atom stereocenters. The predicted molar refractivity (Wildman–Crippen MR) is 47.3 cm³/mol. The van der Waals surface area contributed by atoms with Crippen LogP contribution in [0.2, 0.25) is 0 Å². The summed E-state index contributed by atoms with van der Waals surface area (Å²) in [5.74, 6) is 0. The van der Waals surface area contributed by atoms with Crippen molar-refractivity contribution < 1.29 is 13.5 Å². The summed E-state index contributed by atoms with van der Waals surface area (Å²) in [6, 6.07) is -0.419. The van der Waals surface area contributed by atoms with Gasteiger partial charge in [0.15, 0.2) is 6.17 Å². The highest BCUT2D eigenvalue weighted by Gasteiger charge is 2.40. The van der Waals surface area contributed by atoms with Crippen molar-refractivity contribution in [1.82, 2.24) is 4.90 Å². The Morgan fingerprint density at radius 3 is 2.46 bits per heavy atom. The van der Waals surface area contributed by atoms with Gasteiger partial charge in [0.05, 0.1) is 18.8 Å². The highest BCUT2D eigenvalue weighted by atomic mass is 19.2. The van der Waals surface area contributed by atoms with Crippen LogP contribution >= 0.6 is 0 Å². The number of likely N-dealkylation sites (tertiary alicyclic amines) is 1. The van der Waals surface area contributed by atoms with Gasteiger partial charge in [0.25, 0.3) is 0 Å². The standard InChI is InChI=1S/C9H17F2NO/c1-6(2)13-5-8-9(11)7(10)4-12(8)3/h6-9H,4-5H2,1-3H3.